The van der Waals surface area contributed by atoms with Crippen LogP contribution < -0.4 is 5.32 Å². The summed E-state index contributed by atoms with van der Waals surface area (Å²) in [5.41, 5.74) is 4.11. The van der Waals surface area contributed by atoms with E-state index in [4.69, 9.17) is 16.3 Å². The fraction of sp³-hybridized carbons (Fsp3) is 0.208. The van der Waals surface area contributed by atoms with Crippen molar-refractivity contribution in [1.29, 1.82) is 0 Å². The summed E-state index contributed by atoms with van der Waals surface area (Å²) in [7, 11) is 0. The molecule has 0 aliphatic carbocycles. The molecule has 1 aliphatic heterocycles. The van der Waals surface area contributed by atoms with Gasteiger partial charge in [-0.2, -0.15) is 0 Å². The first kappa shape index (κ1) is 20.9. The molecule has 4 rings (SSSR count). The smallest absolute Gasteiger partial charge is 0.320 e. The lowest BCUT2D eigenvalue weighted by molar-refractivity contribution is -0.145. The number of hydrogen-bond acceptors (Lipinski definition) is 4. The lowest BCUT2D eigenvalue weighted by atomic mass is 9.91. The number of halogens is 2. The third-order valence-electron chi connectivity index (χ3n) is 5.20. The van der Waals surface area contributed by atoms with E-state index in [0.29, 0.717) is 11.6 Å². The number of ether oxygens (including phenoxy) is 1. The van der Waals surface area contributed by atoms with Crippen LogP contribution in [-0.2, 0) is 9.53 Å². The highest BCUT2D eigenvalue weighted by Crippen LogP contribution is 2.45. The Bertz CT molecular complexity index is 1040. The van der Waals surface area contributed by atoms with Gasteiger partial charge < -0.3 is 10.1 Å². The maximum atomic E-state index is 12.6. The van der Waals surface area contributed by atoms with Crippen molar-refractivity contribution in [3.8, 4) is 0 Å². The number of esters is 1. The summed E-state index contributed by atoms with van der Waals surface area (Å²) in [5.74, 6) is -0.268. The van der Waals surface area contributed by atoms with Crippen molar-refractivity contribution in [3.63, 3.8) is 0 Å². The second-order valence-corrected chi connectivity index (χ2v) is 8.41. The summed E-state index contributed by atoms with van der Waals surface area (Å²) < 4.78 is 6.29. The fourth-order valence-electron chi connectivity index (χ4n) is 3.95. The van der Waals surface area contributed by atoms with Crippen molar-refractivity contribution >= 4 is 39.2 Å². The molecule has 4 nitrogen and oxygen atoms in total. The second kappa shape index (κ2) is 9.21. The van der Waals surface area contributed by atoms with Gasteiger partial charge in [0.2, 0.25) is 0 Å². The van der Waals surface area contributed by atoms with Crippen molar-refractivity contribution in [3.05, 3.63) is 99.0 Å². The van der Waals surface area contributed by atoms with Crippen LogP contribution in [0.25, 0.3) is 0 Å². The molecule has 0 saturated heterocycles. The van der Waals surface area contributed by atoms with Crippen molar-refractivity contribution in [1.82, 2.24) is 4.90 Å². The molecule has 0 radical (unpaired) electrons. The first-order valence-corrected chi connectivity index (χ1v) is 11.0. The highest BCUT2D eigenvalue weighted by atomic mass is 79.9. The topological polar surface area (TPSA) is 41.6 Å². The maximum Gasteiger partial charge on any atom is 0.320 e. The summed E-state index contributed by atoms with van der Waals surface area (Å²) in [5, 5.41) is 4.24. The average molecular weight is 486 g/mol. The standard InChI is InChI=1S/C24H22BrClN2O2/c1-2-30-22(29)15-28-23(16-8-4-3-5-9-16)19-14-17(25)12-13-21(19)27-24(28)18-10-6-7-11-20(18)26/h3-14,23-24,27H,2,15H2,1H3. The van der Waals surface area contributed by atoms with E-state index in [9.17, 15) is 4.79 Å². The molecule has 0 bridgehead atoms. The van der Waals surface area contributed by atoms with Gasteiger partial charge in [0.05, 0.1) is 19.2 Å². The molecular weight excluding hydrogens is 464 g/mol. The van der Waals surface area contributed by atoms with Crippen LogP contribution in [0, 0.1) is 0 Å². The van der Waals surface area contributed by atoms with Gasteiger partial charge in [-0.1, -0.05) is 76.1 Å². The molecule has 1 heterocycles. The molecule has 6 heteroatoms. The van der Waals surface area contributed by atoms with Gasteiger partial charge in [-0.25, -0.2) is 0 Å². The van der Waals surface area contributed by atoms with E-state index in [1.54, 1.807) is 0 Å². The van der Waals surface area contributed by atoms with Crippen molar-refractivity contribution < 1.29 is 9.53 Å². The van der Waals surface area contributed by atoms with Crippen LogP contribution in [0.15, 0.2) is 77.3 Å². The number of anilines is 1. The third-order valence-corrected chi connectivity index (χ3v) is 6.03. The van der Waals surface area contributed by atoms with Crippen LogP contribution in [-0.4, -0.2) is 24.0 Å². The van der Waals surface area contributed by atoms with E-state index in [1.165, 1.54) is 0 Å². The average Bonchev–Trinajstić information content (AvgIpc) is 2.74. The predicted molar refractivity (Wildman–Crippen MR) is 124 cm³/mol. The van der Waals surface area contributed by atoms with Crippen LogP contribution in [0.4, 0.5) is 5.69 Å². The Balaban J connectivity index is 1.89. The Morgan fingerprint density at radius 2 is 1.80 bits per heavy atom. The number of nitrogens with zero attached hydrogens (tertiary/aromatic N) is 1. The summed E-state index contributed by atoms with van der Waals surface area (Å²) in [6.45, 7) is 2.29. The molecular formula is C24H22BrClN2O2. The maximum absolute atomic E-state index is 12.6. The van der Waals surface area contributed by atoms with Crippen LogP contribution in [0.1, 0.15) is 35.8 Å². The van der Waals surface area contributed by atoms with Crippen LogP contribution in [0.3, 0.4) is 0 Å². The molecule has 0 spiro atoms. The van der Waals surface area contributed by atoms with E-state index >= 15 is 0 Å². The summed E-state index contributed by atoms with van der Waals surface area (Å²) >= 11 is 10.2. The number of carbonyl (C=O) groups excluding carboxylic acids is 1. The number of nitrogens with one attached hydrogen (secondary N) is 1. The first-order valence-electron chi connectivity index (χ1n) is 9.85. The van der Waals surface area contributed by atoms with E-state index in [2.05, 4.69) is 50.4 Å². The molecule has 0 saturated carbocycles. The minimum atomic E-state index is -0.290. The van der Waals surface area contributed by atoms with Crippen LogP contribution in [0.2, 0.25) is 5.02 Å². The molecule has 0 amide bonds. The van der Waals surface area contributed by atoms with Crippen molar-refractivity contribution in [2.75, 3.05) is 18.5 Å². The lowest BCUT2D eigenvalue weighted by Crippen LogP contribution is -2.44. The zero-order valence-corrected chi connectivity index (χ0v) is 18.9. The molecule has 2 atom stereocenters. The van der Waals surface area contributed by atoms with Gasteiger partial charge in [-0.3, -0.25) is 9.69 Å². The van der Waals surface area contributed by atoms with Gasteiger partial charge in [-0.05, 0) is 42.3 Å². The van der Waals surface area contributed by atoms with Gasteiger partial charge in [-0.15, -0.1) is 0 Å². The summed E-state index contributed by atoms with van der Waals surface area (Å²) in [6.07, 6.45) is -0.290. The quantitative estimate of drug-likeness (QED) is 0.438. The monoisotopic (exact) mass is 484 g/mol. The third kappa shape index (κ3) is 4.24. The minimum absolute atomic E-state index is 0.127. The highest BCUT2D eigenvalue weighted by Gasteiger charge is 2.38. The Morgan fingerprint density at radius 3 is 2.53 bits per heavy atom. The number of rotatable bonds is 5. The lowest BCUT2D eigenvalue weighted by Gasteiger charge is -2.44. The highest BCUT2D eigenvalue weighted by molar-refractivity contribution is 9.10. The number of fused-ring (bicyclic) bond motifs is 1. The fourth-order valence-corrected chi connectivity index (χ4v) is 4.56. The number of hydrogen-bond donors (Lipinski definition) is 1. The van der Waals surface area contributed by atoms with Crippen LogP contribution >= 0.6 is 27.5 Å². The van der Waals surface area contributed by atoms with Gasteiger partial charge in [0.15, 0.2) is 0 Å². The van der Waals surface area contributed by atoms with Gasteiger partial charge in [0.25, 0.3) is 0 Å². The zero-order chi connectivity index (χ0) is 21.1. The van der Waals surface area contributed by atoms with Gasteiger partial charge >= 0.3 is 5.97 Å². The molecule has 30 heavy (non-hydrogen) atoms. The molecule has 1 aliphatic rings. The minimum Gasteiger partial charge on any atom is -0.465 e. The van der Waals surface area contributed by atoms with Gasteiger partial charge in [0.1, 0.15) is 6.17 Å². The zero-order valence-electron chi connectivity index (χ0n) is 16.5. The SMILES string of the molecule is CCOC(=O)CN1C(c2ccccc2Cl)Nc2ccc(Br)cc2C1c1ccccc1. The Morgan fingerprint density at radius 1 is 1.07 bits per heavy atom. The summed E-state index contributed by atoms with van der Waals surface area (Å²) in [4.78, 5) is 14.7. The van der Waals surface area contributed by atoms with E-state index in [1.807, 2.05) is 55.5 Å². The van der Waals surface area contributed by atoms with Crippen LogP contribution in [0.5, 0.6) is 0 Å². The molecule has 1 N–H and O–H groups in total. The number of carbonyl (C=O) groups is 1. The van der Waals surface area contributed by atoms with Gasteiger partial charge in [0, 0.05) is 20.7 Å². The molecule has 154 valence electrons. The molecule has 2 unspecified atom stereocenters. The largest absolute Gasteiger partial charge is 0.465 e. The predicted octanol–water partition coefficient (Wildman–Crippen LogP) is 6.18. The Hall–Kier alpha value is -2.34. The van der Waals surface area contributed by atoms with Crippen molar-refractivity contribution in [2.24, 2.45) is 0 Å². The van der Waals surface area contributed by atoms with E-state index in [0.717, 1.165) is 26.9 Å². The Labute approximate surface area is 189 Å². The van der Waals surface area contributed by atoms with E-state index < -0.39 is 0 Å². The Kier molecular flexibility index (Phi) is 6.42. The molecule has 0 fully saturated rings. The normalized spacial score (nSPS) is 18.4. The molecule has 0 aromatic heterocycles. The molecule has 3 aromatic carbocycles. The first-order chi connectivity index (χ1) is 14.6. The van der Waals surface area contributed by atoms with E-state index in [-0.39, 0.29) is 24.7 Å². The van der Waals surface area contributed by atoms with Crippen molar-refractivity contribution in [2.45, 2.75) is 19.1 Å². The summed E-state index contributed by atoms with van der Waals surface area (Å²) in [6, 6.07) is 23.9. The number of benzene rings is 3. The second-order valence-electron chi connectivity index (χ2n) is 7.09. The molecule has 3 aromatic rings.